The highest BCUT2D eigenvalue weighted by Gasteiger charge is 2.22. The van der Waals surface area contributed by atoms with Crippen LogP contribution in [-0.4, -0.2) is 87.7 Å². The average Bonchev–Trinajstić information content (AvgIpc) is 2.35. The van der Waals surface area contributed by atoms with Crippen LogP contribution < -0.4 is 5.32 Å². The second-order valence-electron chi connectivity index (χ2n) is 6.31. The predicted molar refractivity (Wildman–Crippen MR) is 77.0 cm³/mol. The molecular formula is C14H30N4. The van der Waals surface area contributed by atoms with Crippen LogP contribution in [0.3, 0.4) is 0 Å². The summed E-state index contributed by atoms with van der Waals surface area (Å²) in [6.07, 6.45) is 2.75. The molecule has 1 unspecified atom stereocenters. The van der Waals surface area contributed by atoms with Gasteiger partial charge in [0.25, 0.3) is 0 Å². The number of likely N-dealkylation sites (tertiary alicyclic amines) is 1. The summed E-state index contributed by atoms with van der Waals surface area (Å²) in [5.74, 6) is 0.910. The maximum Gasteiger partial charge on any atom is 0.0345 e. The lowest BCUT2D eigenvalue weighted by atomic mass is 9.96. The van der Waals surface area contributed by atoms with Crippen LogP contribution in [0.2, 0.25) is 0 Å². The van der Waals surface area contributed by atoms with E-state index < -0.39 is 0 Å². The van der Waals surface area contributed by atoms with E-state index in [0.717, 1.165) is 19.0 Å². The van der Waals surface area contributed by atoms with Crippen LogP contribution in [0.25, 0.3) is 0 Å². The molecular weight excluding hydrogens is 224 g/mol. The Bertz CT molecular complexity index is 238. The first-order valence-electron chi connectivity index (χ1n) is 7.43. The van der Waals surface area contributed by atoms with Gasteiger partial charge in [-0.1, -0.05) is 0 Å². The fraction of sp³-hybridized carbons (Fsp3) is 1.00. The normalized spacial score (nSPS) is 29.0. The third-order valence-electron chi connectivity index (χ3n) is 4.58. The summed E-state index contributed by atoms with van der Waals surface area (Å²) in [5.41, 5.74) is 0. The van der Waals surface area contributed by atoms with Crippen molar-refractivity contribution in [1.29, 1.82) is 0 Å². The van der Waals surface area contributed by atoms with Crippen LogP contribution in [0.5, 0.6) is 0 Å². The minimum absolute atomic E-state index is 0.690. The quantitative estimate of drug-likeness (QED) is 0.772. The van der Waals surface area contributed by atoms with E-state index in [9.17, 15) is 0 Å². The smallest absolute Gasteiger partial charge is 0.0345 e. The second kappa shape index (κ2) is 6.85. The Morgan fingerprint density at radius 3 is 2.50 bits per heavy atom. The highest BCUT2D eigenvalue weighted by molar-refractivity contribution is 4.81. The summed E-state index contributed by atoms with van der Waals surface area (Å²) >= 11 is 0. The van der Waals surface area contributed by atoms with E-state index in [0.29, 0.717) is 6.04 Å². The second-order valence-corrected chi connectivity index (χ2v) is 6.31. The number of nitrogens with zero attached hydrogens (tertiary/aromatic N) is 3. The van der Waals surface area contributed by atoms with Crippen molar-refractivity contribution in [3.63, 3.8) is 0 Å². The fourth-order valence-corrected chi connectivity index (χ4v) is 3.19. The number of nitrogens with one attached hydrogen (secondary N) is 1. The molecule has 2 heterocycles. The fourth-order valence-electron chi connectivity index (χ4n) is 3.19. The molecule has 1 N–H and O–H groups in total. The molecule has 2 saturated heterocycles. The van der Waals surface area contributed by atoms with Crippen molar-refractivity contribution in [3.8, 4) is 0 Å². The van der Waals surface area contributed by atoms with Gasteiger partial charge in [-0.3, -0.25) is 4.90 Å². The minimum Gasteiger partial charge on any atom is -0.314 e. The van der Waals surface area contributed by atoms with Crippen molar-refractivity contribution in [2.45, 2.75) is 18.9 Å². The third kappa shape index (κ3) is 4.19. The molecule has 0 saturated carbocycles. The molecule has 0 aromatic heterocycles. The summed E-state index contributed by atoms with van der Waals surface area (Å²) in [5, 5.41) is 3.51. The number of hydrogen-bond acceptors (Lipinski definition) is 4. The Morgan fingerprint density at radius 1 is 1.11 bits per heavy atom. The third-order valence-corrected chi connectivity index (χ3v) is 4.58. The van der Waals surface area contributed by atoms with Gasteiger partial charge in [0.05, 0.1) is 0 Å². The van der Waals surface area contributed by atoms with Crippen LogP contribution in [0.15, 0.2) is 0 Å². The van der Waals surface area contributed by atoms with Crippen molar-refractivity contribution < 1.29 is 0 Å². The summed E-state index contributed by atoms with van der Waals surface area (Å²) < 4.78 is 0. The van der Waals surface area contributed by atoms with Gasteiger partial charge in [-0.15, -0.1) is 0 Å². The summed E-state index contributed by atoms with van der Waals surface area (Å²) in [4.78, 5) is 7.50. The average molecular weight is 254 g/mol. The van der Waals surface area contributed by atoms with E-state index in [-0.39, 0.29) is 0 Å². The maximum absolute atomic E-state index is 3.51. The number of rotatable bonds is 4. The zero-order valence-corrected chi connectivity index (χ0v) is 12.4. The molecule has 0 aromatic carbocycles. The van der Waals surface area contributed by atoms with Crippen molar-refractivity contribution in [3.05, 3.63) is 0 Å². The van der Waals surface area contributed by atoms with Gasteiger partial charge in [-0.05, 0) is 53.0 Å². The molecule has 2 rings (SSSR count). The first-order valence-corrected chi connectivity index (χ1v) is 7.43. The molecule has 4 heteroatoms. The van der Waals surface area contributed by atoms with Gasteiger partial charge in [-0.2, -0.15) is 0 Å². The molecule has 2 aliphatic heterocycles. The lowest BCUT2D eigenvalue weighted by molar-refractivity contribution is 0.126. The first-order chi connectivity index (χ1) is 8.65. The van der Waals surface area contributed by atoms with Gasteiger partial charge in [-0.25, -0.2) is 0 Å². The molecule has 1 atom stereocenters. The standard InChI is InChI=1S/C14H30N4/c1-16-7-4-13(5-8-16)11-17(2)12-14-10-15-6-9-18(14)3/h13-15H,4-12H2,1-3H3. The van der Waals surface area contributed by atoms with Crippen LogP contribution in [-0.2, 0) is 0 Å². The lowest BCUT2D eigenvalue weighted by Gasteiger charge is -2.37. The van der Waals surface area contributed by atoms with Crippen LogP contribution in [0.1, 0.15) is 12.8 Å². The lowest BCUT2D eigenvalue weighted by Crippen LogP contribution is -2.54. The first kappa shape index (κ1) is 14.3. The molecule has 106 valence electrons. The molecule has 0 amide bonds. The van der Waals surface area contributed by atoms with E-state index in [1.807, 2.05) is 0 Å². The van der Waals surface area contributed by atoms with E-state index in [1.165, 1.54) is 45.6 Å². The summed E-state index contributed by atoms with van der Waals surface area (Å²) in [7, 11) is 6.79. The van der Waals surface area contributed by atoms with Gasteiger partial charge < -0.3 is 15.1 Å². The summed E-state index contributed by atoms with van der Waals surface area (Å²) in [6.45, 7) is 8.52. The Labute approximate surface area is 112 Å². The van der Waals surface area contributed by atoms with Gasteiger partial charge in [0.1, 0.15) is 0 Å². The Morgan fingerprint density at radius 2 is 1.83 bits per heavy atom. The Hall–Kier alpha value is -0.160. The van der Waals surface area contributed by atoms with Gasteiger partial charge in [0.15, 0.2) is 0 Å². The SMILES string of the molecule is CN1CCC(CN(C)CC2CNCCN2C)CC1. The number of likely N-dealkylation sites (N-methyl/N-ethyl adjacent to an activating group) is 2. The molecule has 2 fully saturated rings. The number of piperazine rings is 1. The number of hydrogen-bond donors (Lipinski definition) is 1. The maximum atomic E-state index is 3.51. The molecule has 0 aromatic rings. The molecule has 0 aliphatic carbocycles. The van der Waals surface area contributed by atoms with Crippen molar-refractivity contribution in [2.75, 3.05) is 67.0 Å². The van der Waals surface area contributed by atoms with E-state index in [2.05, 4.69) is 41.2 Å². The van der Waals surface area contributed by atoms with Crippen molar-refractivity contribution in [2.24, 2.45) is 5.92 Å². The topological polar surface area (TPSA) is 21.8 Å². The molecule has 18 heavy (non-hydrogen) atoms. The van der Waals surface area contributed by atoms with E-state index in [1.54, 1.807) is 0 Å². The van der Waals surface area contributed by atoms with E-state index >= 15 is 0 Å². The summed E-state index contributed by atoms with van der Waals surface area (Å²) in [6, 6.07) is 0.690. The van der Waals surface area contributed by atoms with Crippen molar-refractivity contribution >= 4 is 0 Å². The highest BCUT2D eigenvalue weighted by atomic mass is 15.2. The minimum atomic E-state index is 0.690. The molecule has 2 aliphatic rings. The zero-order chi connectivity index (χ0) is 13.0. The van der Waals surface area contributed by atoms with E-state index in [4.69, 9.17) is 0 Å². The van der Waals surface area contributed by atoms with Gasteiger partial charge in [0, 0.05) is 38.8 Å². The largest absolute Gasteiger partial charge is 0.314 e. The monoisotopic (exact) mass is 254 g/mol. The Balaban J connectivity index is 1.69. The zero-order valence-electron chi connectivity index (χ0n) is 12.4. The molecule has 0 radical (unpaired) electrons. The predicted octanol–water partition coefficient (Wildman–Crippen LogP) is 0.164. The molecule has 0 bridgehead atoms. The van der Waals surface area contributed by atoms with Crippen LogP contribution in [0, 0.1) is 5.92 Å². The van der Waals surface area contributed by atoms with Crippen molar-refractivity contribution in [1.82, 2.24) is 20.0 Å². The molecule has 0 spiro atoms. The number of piperidine rings is 1. The van der Waals surface area contributed by atoms with Crippen LogP contribution >= 0.6 is 0 Å². The Kier molecular flexibility index (Phi) is 5.42. The van der Waals surface area contributed by atoms with Gasteiger partial charge >= 0.3 is 0 Å². The highest BCUT2D eigenvalue weighted by Crippen LogP contribution is 2.17. The van der Waals surface area contributed by atoms with Gasteiger partial charge in [0.2, 0.25) is 0 Å². The van der Waals surface area contributed by atoms with Crippen LogP contribution in [0.4, 0.5) is 0 Å². The molecule has 4 nitrogen and oxygen atoms in total.